The first kappa shape index (κ1) is 12.5. The van der Waals surface area contributed by atoms with E-state index in [-0.39, 0.29) is 24.7 Å². The molecule has 0 aliphatic carbocycles. The molecule has 1 N–H and O–H groups in total. The summed E-state index contributed by atoms with van der Waals surface area (Å²) >= 11 is 0. The molecule has 2 unspecified atom stereocenters. The van der Waals surface area contributed by atoms with Crippen molar-refractivity contribution in [3.8, 4) is 0 Å². The van der Waals surface area contributed by atoms with E-state index in [0.29, 0.717) is 19.6 Å². The Hall–Kier alpha value is -0.610. The normalized spacial score (nSPS) is 26.7. The van der Waals surface area contributed by atoms with Gasteiger partial charge in [-0.15, -0.1) is 0 Å². The second-order valence-electron chi connectivity index (χ2n) is 4.14. The average Bonchev–Trinajstić information content (AvgIpc) is 2.26. The molecule has 1 rings (SSSR count). The molecule has 15 heavy (non-hydrogen) atoms. The number of unbranched alkanes of at least 4 members (excludes halogenated alkanes) is 1. The van der Waals surface area contributed by atoms with Gasteiger partial charge in [0.15, 0.2) is 0 Å². The van der Waals surface area contributed by atoms with Crippen LogP contribution in [-0.2, 0) is 9.53 Å². The van der Waals surface area contributed by atoms with Crippen LogP contribution in [0.2, 0.25) is 0 Å². The maximum atomic E-state index is 11.8. The summed E-state index contributed by atoms with van der Waals surface area (Å²) in [6.07, 6.45) is 2.38. The highest BCUT2D eigenvalue weighted by Gasteiger charge is 2.28. The molecule has 1 aliphatic rings. The molecule has 0 aromatic heterocycles. The number of carbonyl (C=O) groups excluding carboxylic acids is 1. The molecule has 1 aliphatic heterocycles. The summed E-state index contributed by atoms with van der Waals surface area (Å²) in [4.78, 5) is 13.7. The third kappa shape index (κ3) is 3.47. The molecule has 0 spiro atoms. The van der Waals surface area contributed by atoms with Gasteiger partial charge in [0.25, 0.3) is 0 Å². The summed E-state index contributed by atoms with van der Waals surface area (Å²) < 4.78 is 5.38. The number of hydrogen-bond donors (Lipinski definition) is 1. The Labute approximate surface area is 91.2 Å². The van der Waals surface area contributed by atoms with Crippen LogP contribution in [0.1, 0.15) is 33.1 Å². The van der Waals surface area contributed by atoms with Crippen LogP contribution in [0.25, 0.3) is 0 Å². The lowest BCUT2D eigenvalue weighted by Crippen LogP contribution is -2.51. The van der Waals surface area contributed by atoms with Crippen molar-refractivity contribution in [2.45, 2.75) is 45.3 Å². The molecule has 0 saturated carbocycles. The largest absolute Gasteiger partial charge is 0.394 e. The number of morpholine rings is 1. The number of aliphatic hydroxyl groups is 1. The molecule has 2 atom stereocenters. The lowest BCUT2D eigenvalue weighted by molar-refractivity contribution is -0.146. The van der Waals surface area contributed by atoms with Crippen LogP contribution in [0.5, 0.6) is 0 Å². The summed E-state index contributed by atoms with van der Waals surface area (Å²) in [5.41, 5.74) is 0. The highest BCUT2D eigenvalue weighted by Crippen LogP contribution is 2.13. The fraction of sp³-hybridized carbons (Fsp3) is 0.909. The summed E-state index contributed by atoms with van der Waals surface area (Å²) in [5, 5.41) is 8.99. The number of amides is 1. The molecule has 0 bridgehead atoms. The molecule has 0 radical (unpaired) electrons. The zero-order valence-corrected chi connectivity index (χ0v) is 9.61. The number of hydrogen-bond acceptors (Lipinski definition) is 3. The first-order valence-electron chi connectivity index (χ1n) is 5.71. The van der Waals surface area contributed by atoms with E-state index in [1.54, 1.807) is 0 Å². The van der Waals surface area contributed by atoms with Gasteiger partial charge in [0.2, 0.25) is 5.91 Å². The SMILES string of the molecule is CCCCC(=O)N1CC(CO)OCC1C. The first-order chi connectivity index (χ1) is 7.19. The Bertz CT molecular complexity index is 208. The van der Waals surface area contributed by atoms with Crippen molar-refractivity contribution in [1.29, 1.82) is 0 Å². The molecule has 4 heteroatoms. The molecular weight excluding hydrogens is 194 g/mol. The number of carbonyl (C=O) groups is 1. The van der Waals surface area contributed by atoms with Crippen LogP contribution in [-0.4, -0.2) is 47.8 Å². The van der Waals surface area contributed by atoms with Gasteiger partial charge in [-0.2, -0.15) is 0 Å². The molecule has 1 saturated heterocycles. The molecular formula is C11H21NO3. The monoisotopic (exact) mass is 215 g/mol. The van der Waals surface area contributed by atoms with Crippen molar-refractivity contribution < 1.29 is 14.6 Å². The lowest BCUT2D eigenvalue weighted by atomic mass is 10.1. The molecule has 0 aromatic carbocycles. The van der Waals surface area contributed by atoms with E-state index in [0.717, 1.165) is 12.8 Å². The quantitative estimate of drug-likeness (QED) is 0.754. The molecule has 88 valence electrons. The Morgan fingerprint density at radius 1 is 1.60 bits per heavy atom. The topological polar surface area (TPSA) is 49.8 Å². The van der Waals surface area contributed by atoms with Gasteiger partial charge in [-0.3, -0.25) is 4.79 Å². The number of rotatable bonds is 4. The summed E-state index contributed by atoms with van der Waals surface area (Å²) in [6, 6.07) is 0.136. The molecule has 0 aromatic rings. The minimum absolute atomic E-state index is 0.00965. The second kappa shape index (κ2) is 6.08. The summed E-state index contributed by atoms with van der Waals surface area (Å²) in [5.74, 6) is 0.186. The van der Waals surface area contributed by atoms with E-state index >= 15 is 0 Å². The van der Waals surface area contributed by atoms with E-state index in [1.165, 1.54) is 0 Å². The fourth-order valence-corrected chi connectivity index (χ4v) is 1.75. The van der Waals surface area contributed by atoms with Crippen LogP contribution in [0.4, 0.5) is 0 Å². The van der Waals surface area contributed by atoms with Crippen LogP contribution < -0.4 is 0 Å². The summed E-state index contributed by atoms with van der Waals surface area (Å²) in [6.45, 7) is 5.11. The Morgan fingerprint density at radius 3 is 2.93 bits per heavy atom. The van der Waals surface area contributed by atoms with Gasteiger partial charge in [-0.25, -0.2) is 0 Å². The van der Waals surface area contributed by atoms with Gasteiger partial charge in [0.05, 0.1) is 25.4 Å². The van der Waals surface area contributed by atoms with Gasteiger partial charge in [0.1, 0.15) is 0 Å². The van der Waals surface area contributed by atoms with Crippen molar-refractivity contribution in [3.63, 3.8) is 0 Å². The maximum Gasteiger partial charge on any atom is 0.222 e. The third-order valence-electron chi connectivity index (χ3n) is 2.77. The van der Waals surface area contributed by atoms with Gasteiger partial charge < -0.3 is 14.7 Å². The molecule has 1 heterocycles. The Balaban J connectivity index is 2.46. The number of ether oxygens (including phenoxy) is 1. The van der Waals surface area contributed by atoms with Crippen molar-refractivity contribution >= 4 is 5.91 Å². The molecule has 1 amide bonds. The zero-order valence-electron chi connectivity index (χ0n) is 9.61. The van der Waals surface area contributed by atoms with Crippen LogP contribution in [0.3, 0.4) is 0 Å². The smallest absolute Gasteiger partial charge is 0.222 e. The zero-order chi connectivity index (χ0) is 11.3. The second-order valence-corrected chi connectivity index (χ2v) is 4.14. The minimum Gasteiger partial charge on any atom is -0.394 e. The maximum absolute atomic E-state index is 11.8. The minimum atomic E-state index is -0.202. The number of nitrogens with zero attached hydrogens (tertiary/aromatic N) is 1. The van der Waals surface area contributed by atoms with Crippen molar-refractivity contribution in [1.82, 2.24) is 4.90 Å². The fourth-order valence-electron chi connectivity index (χ4n) is 1.75. The highest BCUT2D eigenvalue weighted by molar-refractivity contribution is 5.76. The van der Waals surface area contributed by atoms with Crippen LogP contribution in [0, 0.1) is 0 Å². The van der Waals surface area contributed by atoms with Gasteiger partial charge in [0, 0.05) is 13.0 Å². The molecule has 1 fully saturated rings. The average molecular weight is 215 g/mol. The van der Waals surface area contributed by atoms with E-state index < -0.39 is 0 Å². The summed E-state index contributed by atoms with van der Waals surface area (Å²) in [7, 11) is 0. The van der Waals surface area contributed by atoms with Gasteiger partial charge in [-0.05, 0) is 13.3 Å². The van der Waals surface area contributed by atoms with Gasteiger partial charge in [-0.1, -0.05) is 13.3 Å². The Kier molecular flexibility index (Phi) is 5.05. The highest BCUT2D eigenvalue weighted by atomic mass is 16.5. The third-order valence-corrected chi connectivity index (χ3v) is 2.77. The Morgan fingerprint density at radius 2 is 2.33 bits per heavy atom. The first-order valence-corrected chi connectivity index (χ1v) is 5.71. The van der Waals surface area contributed by atoms with Crippen molar-refractivity contribution in [2.75, 3.05) is 19.8 Å². The van der Waals surface area contributed by atoms with E-state index in [2.05, 4.69) is 6.92 Å². The lowest BCUT2D eigenvalue weighted by Gasteiger charge is -2.37. The predicted octanol–water partition coefficient (Wildman–Crippen LogP) is 0.785. The molecule has 4 nitrogen and oxygen atoms in total. The van der Waals surface area contributed by atoms with Crippen molar-refractivity contribution in [2.24, 2.45) is 0 Å². The van der Waals surface area contributed by atoms with E-state index in [9.17, 15) is 4.79 Å². The van der Waals surface area contributed by atoms with Crippen LogP contribution >= 0.6 is 0 Å². The standard InChI is InChI=1S/C11H21NO3/c1-3-4-5-11(14)12-6-10(7-13)15-8-9(12)2/h9-10,13H,3-8H2,1-2H3. The van der Waals surface area contributed by atoms with Crippen LogP contribution in [0.15, 0.2) is 0 Å². The number of aliphatic hydroxyl groups excluding tert-OH is 1. The van der Waals surface area contributed by atoms with E-state index in [4.69, 9.17) is 9.84 Å². The predicted molar refractivity (Wildman–Crippen MR) is 57.5 cm³/mol. The van der Waals surface area contributed by atoms with E-state index in [1.807, 2.05) is 11.8 Å². The van der Waals surface area contributed by atoms with Crippen molar-refractivity contribution in [3.05, 3.63) is 0 Å². The van der Waals surface area contributed by atoms with Gasteiger partial charge >= 0.3 is 0 Å².